The maximum atomic E-state index is 11.0. The van der Waals surface area contributed by atoms with Gasteiger partial charge in [-0.2, -0.15) is 0 Å². The Kier molecular flexibility index (Phi) is 9.42. The van der Waals surface area contributed by atoms with Crippen molar-refractivity contribution in [3.05, 3.63) is 88.9 Å². The number of methoxy groups -OCH3 is 1. The highest BCUT2D eigenvalue weighted by molar-refractivity contribution is 6.30. The Hall–Kier alpha value is -3.22. The molecule has 1 atom stereocenters. The lowest BCUT2D eigenvalue weighted by molar-refractivity contribution is -0.148. The van der Waals surface area contributed by atoms with Crippen LogP contribution in [0.4, 0.5) is 5.69 Å². The molecule has 0 aliphatic rings. The van der Waals surface area contributed by atoms with E-state index in [-0.39, 0.29) is 0 Å². The number of ether oxygens (including phenoxy) is 3. The fraction of sp³-hybridized carbons (Fsp3) is 0.269. The number of rotatable bonds is 13. The second-order valence-corrected chi connectivity index (χ2v) is 7.90. The van der Waals surface area contributed by atoms with Crippen LogP contribution in [0.5, 0.6) is 11.5 Å². The first-order valence-corrected chi connectivity index (χ1v) is 11.1. The normalized spacial score (nSPS) is 11.6. The molecule has 0 aliphatic carbocycles. The number of benzene rings is 3. The summed E-state index contributed by atoms with van der Waals surface area (Å²) < 4.78 is 16.5. The molecule has 0 heterocycles. The first-order chi connectivity index (χ1) is 16.0. The molecule has 3 aromatic carbocycles. The van der Waals surface area contributed by atoms with Crippen LogP contribution in [0, 0.1) is 0 Å². The monoisotopic (exact) mass is 469 g/mol. The van der Waals surface area contributed by atoms with E-state index < -0.39 is 12.1 Å². The lowest BCUT2D eigenvalue weighted by Gasteiger charge is -2.12. The van der Waals surface area contributed by atoms with E-state index in [4.69, 9.17) is 30.9 Å². The van der Waals surface area contributed by atoms with E-state index in [0.29, 0.717) is 19.6 Å². The van der Waals surface area contributed by atoms with Gasteiger partial charge in [0.2, 0.25) is 0 Å². The Balaban J connectivity index is 1.33. The fourth-order valence-electron chi connectivity index (χ4n) is 3.12. The van der Waals surface area contributed by atoms with Gasteiger partial charge in [0.25, 0.3) is 0 Å². The zero-order chi connectivity index (χ0) is 23.5. The van der Waals surface area contributed by atoms with Crippen molar-refractivity contribution in [2.45, 2.75) is 25.5 Å². The van der Waals surface area contributed by atoms with Crippen molar-refractivity contribution in [3.8, 4) is 11.5 Å². The molecule has 0 unspecified atom stereocenters. The van der Waals surface area contributed by atoms with Gasteiger partial charge >= 0.3 is 5.97 Å². The largest absolute Gasteiger partial charge is 0.493 e. The lowest BCUT2D eigenvalue weighted by Crippen LogP contribution is -2.24. The van der Waals surface area contributed by atoms with Crippen LogP contribution in [0.25, 0.3) is 0 Å². The second kappa shape index (κ2) is 12.7. The van der Waals surface area contributed by atoms with Crippen LogP contribution < -0.4 is 14.8 Å². The van der Waals surface area contributed by atoms with Crippen molar-refractivity contribution < 1.29 is 24.1 Å². The van der Waals surface area contributed by atoms with Gasteiger partial charge in [0, 0.05) is 37.2 Å². The standard InChI is InChI=1S/C26H28ClNO5/c1-31-25(26(29)30)17-19-5-11-23(12-6-19)32-15-2-16-33-24-13-9-22(10-14-24)28-18-20-3-7-21(27)8-4-20/h3-14,25,28H,2,15-18H2,1H3,(H,29,30)/t25-/m0/s1. The predicted molar refractivity (Wildman–Crippen MR) is 129 cm³/mol. The number of aliphatic carboxylic acids is 1. The number of hydrogen-bond donors (Lipinski definition) is 2. The van der Waals surface area contributed by atoms with Crippen molar-refractivity contribution in [1.82, 2.24) is 0 Å². The molecule has 174 valence electrons. The zero-order valence-corrected chi connectivity index (χ0v) is 19.3. The van der Waals surface area contributed by atoms with Crippen LogP contribution in [0.1, 0.15) is 17.5 Å². The second-order valence-electron chi connectivity index (χ2n) is 7.47. The summed E-state index contributed by atoms with van der Waals surface area (Å²) in [7, 11) is 1.40. The van der Waals surface area contributed by atoms with Crippen LogP contribution in [-0.4, -0.2) is 37.5 Å². The number of hydrogen-bond acceptors (Lipinski definition) is 5. The summed E-state index contributed by atoms with van der Waals surface area (Å²) in [5.41, 5.74) is 3.06. The quantitative estimate of drug-likeness (QED) is 0.324. The van der Waals surface area contributed by atoms with Gasteiger partial charge in [-0.25, -0.2) is 4.79 Å². The van der Waals surface area contributed by atoms with E-state index in [1.807, 2.05) is 72.8 Å². The first-order valence-electron chi connectivity index (χ1n) is 10.7. The van der Waals surface area contributed by atoms with Gasteiger partial charge in [-0.05, 0) is 59.7 Å². The van der Waals surface area contributed by atoms with E-state index in [1.54, 1.807) is 0 Å². The lowest BCUT2D eigenvalue weighted by atomic mass is 10.1. The first kappa shape index (κ1) is 24.4. The molecule has 0 aromatic heterocycles. The molecule has 0 radical (unpaired) electrons. The number of carboxylic acids is 1. The topological polar surface area (TPSA) is 77.0 Å². The third-order valence-corrected chi connectivity index (χ3v) is 5.25. The molecule has 2 N–H and O–H groups in total. The van der Waals surface area contributed by atoms with Gasteiger partial charge in [-0.15, -0.1) is 0 Å². The Morgan fingerprint density at radius 3 is 1.97 bits per heavy atom. The van der Waals surface area contributed by atoms with Gasteiger partial charge in [-0.3, -0.25) is 0 Å². The molecule has 0 spiro atoms. The minimum absolute atomic E-state index is 0.315. The summed E-state index contributed by atoms with van der Waals surface area (Å²) >= 11 is 5.91. The van der Waals surface area contributed by atoms with Crippen LogP contribution in [0.15, 0.2) is 72.8 Å². The molecule has 0 amide bonds. The number of nitrogens with one attached hydrogen (secondary N) is 1. The Morgan fingerprint density at radius 2 is 1.42 bits per heavy atom. The van der Waals surface area contributed by atoms with Gasteiger partial charge in [-0.1, -0.05) is 35.9 Å². The molecule has 0 bridgehead atoms. The Labute approximate surface area is 199 Å². The minimum atomic E-state index is -0.971. The zero-order valence-electron chi connectivity index (χ0n) is 18.5. The summed E-state index contributed by atoms with van der Waals surface area (Å²) in [4.78, 5) is 11.0. The van der Waals surface area contributed by atoms with Crippen molar-refractivity contribution in [2.75, 3.05) is 25.6 Å². The van der Waals surface area contributed by atoms with Crippen LogP contribution in [0.3, 0.4) is 0 Å². The number of anilines is 1. The molecule has 0 saturated heterocycles. The SMILES string of the molecule is CO[C@@H](Cc1ccc(OCCCOc2ccc(NCc3ccc(Cl)cc3)cc2)cc1)C(=O)O. The van der Waals surface area contributed by atoms with Crippen LogP contribution in [-0.2, 0) is 22.5 Å². The van der Waals surface area contributed by atoms with Crippen LogP contribution >= 0.6 is 11.6 Å². The van der Waals surface area contributed by atoms with E-state index in [9.17, 15) is 4.79 Å². The third kappa shape index (κ3) is 8.33. The van der Waals surface area contributed by atoms with Gasteiger partial charge in [0.15, 0.2) is 6.10 Å². The molecule has 7 heteroatoms. The van der Waals surface area contributed by atoms with E-state index >= 15 is 0 Å². The summed E-state index contributed by atoms with van der Waals surface area (Å²) in [5.74, 6) is 0.573. The summed E-state index contributed by atoms with van der Waals surface area (Å²) in [6.45, 7) is 1.79. The van der Waals surface area contributed by atoms with E-state index in [2.05, 4.69) is 5.32 Å². The van der Waals surface area contributed by atoms with Gasteiger partial charge in [0.1, 0.15) is 11.5 Å². The molecule has 3 aromatic rings. The predicted octanol–water partition coefficient (Wildman–Crippen LogP) is 5.44. The molecule has 0 fully saturated rings. The average Bonchev–Trinajstić information content (AvgIpc) is 2.83. The van der Waals surface area contributed by atoms with Crippen molar-refractivity contribution >= 4 is 23.3 Å². The number of carbonyl (C=O) groups is 1. The summed E-state index contributed by atoms with van der Waals surface area (Å²) in [6.07, 6.45) is 0.209. The maximum absolute atomic E-state index is 11.0. The molecule has 6 nitrogen and oxygen atoms in total. The molecule has 0 aliphatic heterocycles. The molecule has 33 heavy (non-hydrogen) atoms. The number of carboxylic acid groups (broad SMARTS) is 1. The fourth-order valence-corrected chi connectivity index (χ4v) is 3.25. The molecular formula is C26H28ClNO5. The Morgan fingerprint density at radius 1 is 0.879 bits per heavy atom. The smallest absolute Gasteiger partial charge is 0.333 e. The third-order valence-electron chi connectivity index (χ3n) is 4.99. The molecular weight excluding hydrogens is 442 g/mol. The van der Waals surface area contributed by atoms with Crippen molar-refractivity contribution in [1.29, 1.82) is 0 Å². The van der Waals surface area contributed by atoms with E-state index in [1.165, 1.54) is 7.11 Å². The van der Waals surface area contributed by atoms with E-state index in [0.717, 1.165) is 46.3 Å². The highest BCUT2D eigenvalue weighted by atomic mass is 35.5. The molecule has 0 saturated carbocycles. The number of halogens is 1. The summed E-state index contributed by atoms with van der Waals surface area (Å²) in [5, 5.41) is 13.2. The molecule has 3 rings (SSSR count). The van der Waals surface area contributed by atoms with Crippen molar-refractivity contribution in [2.24, 2.45) is 0 Å². The maximum Gasteiger partial charge on any atom is 0.333 e. The van der Waals surface area contributed by atoms with Crippen LogP contribution in [0.2, 0.25) is 5.02 Å². The highest BCUT2D eigenvalue weighted by Gasteiger charge is 2.16. The van der Waals surface area contributed by atoms with Gasteiger partial charge in [0.05, 0.1) is 13.2 Å². The summed E-state index contributed by atoms with van der Waals surface area (Å²) in [6, 6.07) is 23.0. The minimum Gasteiger partial charge on any atom is -0.493 e. The van der Waals surface area contributed by atoms with Gasteiger partial charge < -0.3 is 24.6 Å². The Bertz CT molecular complexity index is 991. The highest BCUT2D eigenvalue weighted by Crippen LogP contribution is 2.18. The average molecular weight is 470 g/mol. The van der Waals surface area contributed by atoms with Crippen molar-refractivity contribution in [3.63, 3.8) is 0 Å².